The molecular weight excluding hydrogens is 288 g/mol. The van der Waals surface area contributed by atoms with Crippen LogP contribution >= 0.6 is 0 Å². The monoisotopic (exact) mass is 310 g/mol. The number of carbonyl (C=O) groups excluding carboxylic acids is 2. The zero-order valence-corrected chi connectivity index (χ0v) is 13.4. The number of ether oxygens (including phenoxy) is 4. The van der Waals surface area contributed by atoms with Crippen molar-refractivity contribution in [2.75, 3.05) is 34.0 Å². The van der Waals surface area contributed by atoms with Crippen molar-refractivity contribution in [3.8, 4) is 0 Å². The number of hydrogen-bond acceptors (Lipinski definition) is 6. The second-order valence-electron chi connectivity index (χ2n) is 4.69. The van der Waals surface area contributed by atoms with E-state index in [0.717, 1.165) is 0 Å². The van der Waals surface area contributed by atoms with Crippen LogP contribution in [0.15, 0.2) is 18.2 Å². The normalized spacial score (nSPS) is 10.6. The van der Waals surface area contributed by atoms with Gasteiger partial charge in [-0.2, -0.15) is 0 Å². The summed E-state index contributed by atoms with van der Waals surface area (Å²) in [5.41, 5.74) is 1.44. The molecule has 0 aliphatic heterocycles. The van der Waals surface area contributed by atoms with Crippen LogP contribution in [-0.4, -0.2) is 52.1 Å². The summed E-state index contributed by atoms with van der Waals surface area (Å²) in [6.45, 7) is 4.28. The van der Waals surface area contributed by atoms with Crippen LogP contribution in [-0.2, 0) is 18.9 Å². The van der Waals surface area contributed by atoms with Crippen LogP contribution in [0.3, 0.4) is 0 Å². The highest BCUT2D eigenvalue weighted by Crippen LogP contribution is 2.14. The number of aryl methyl sites for hydroxylation is 1. The summed E-state index contributed by atoms with van der Waals surface area (Å²) in [7, 11) is 3.05. The van der Waals surface area contributed by atoms with Gasteiger partial charge in [0.1, 0.15) is 6.10 Å². The molecule has 0 aliphatic rings. The SMILES string of the molecule is CCOC(=O)c1ccc(C(=O)OC(COC)COC)c(C)c1. The van der Waals surface area contributed by atoms with Crippen LogP contribution in [0.5, 0.6) is 0 Å². The first kappa shape index (κ1) is 18.1. The fourth-order valence-electron chi connectivity index (χ4n) is 1.94. The molecule has 0 unspecified atom stereocenters. The average Bonchev–Trinajstić information content (AvgIpc) is 2.47. The molecule has 0 aliphatic carbocycles. The Morgan fingerprint density at radius 2 is 1.73 bits per heavy atom. The van der Waals surface area contributed by atoms with E-state index in [2.05, 4.69) is 0 Å². The van der Waals surface area contributed by atoms with Crippen molar-refractivity contribution < 1.29 is 28.5 Å². The third kappa shape index (κ3) is 5.13. The molecule has 0 aromatic heterocycles. The zero-order valence-electron chi connectivity index (χ0n) is 13.4. The number of esters is 2. The van der Waals surface area contributed by atoms with Gasteiger partial charge in [0.2, 0.25) is 0 Å². The first-order valence-corrected chi connectivity index (χ1v) is 7.00. The van der Waals surface area contributed by atoms with Gasteiger partial charge in [0.05, 0.1) is 30.9 Å². The summed E-state index contributed by atoms with van der Waals surface area (Å²) in [4.78, 5) is 23.8. The summed E-state index contributed by atoms with van der Waals surface area (Å²) in [5, 5.41) is 0. The molecule has 1 aromatic rings. The maximum absolute atomic E-state index is 12.2. The van der Waals surface area contributed by atoms with Crippen molar-refractivity contribution in [3.05, 3.63) is 34.9 Å². The smallest absolute Gasteiger partial charge is 0.338 e. The lowest BCUT2D eigenvalue weighted by Crippen LogP contribution is -2.28. The van der Waals surface area contributed by atoms with Crippen LogP contribution in [0.4, 0.5) is 0 Å². The van der Waals surface area contributed by atoms with E-state index in [0.29, 0.717) is 23.3 Å². The number of benzene rings is 1. The highest BCUT2D eigenvalue weighted by Gasteiger charge is 2.18. The van der Waals surface area contributed by atoms with Crippen LogP contribution in [0.2, 0.25) is 0 Å². The largest absolute Gasteiger partial charge is 0.462 e. The lowest BCUT2D eigenvalue weighted by molar-refractivity contribution is -0.0224. The van der Waals surface area contributed by atoms with Gasteiger partial charge in [0.25, 0.3) is 0 Å². The van der Waals surface area contributed by atoms with Gasteiger partial charge in [-0.3, -0.25) is 0 Å². The van der Waals surface area contributed by atoms with E-state index in [1.54, 1.807) is 32.0 Å². The van der Waals surface area contributed by atoms with Gasteiger partial charge in [0.15, 0.2) is 0 Å². The predicted octanol–water partition coefficient (Wildman–Crippen LogP) is 1.99. The van der Waals surface area contributed by atoms with Crippen LogP contribution in [0, 0.1) is 6.92 Å². The second-order valence-corrected chi connectivity index (χ2v) is 4.69. The molecule has 6 heteroatoms. The summed E-state index contributed by atoms with van der Waals surface area (Å²) < 4.78 is 20.2. The van der Waals surface area contributed by atoms with Gasteiger partial charge >= 0.3 is 11.9 Å². The molecule has 6 nitrogen and oxygen atoms in total. The molecule has 0 N–H and O–H groups in total. The van der Waals surface area contributed by atoms with Gasteiger partial charge in [-0.25, -0.2) is 9.59 Å². The van der Waals surface area contributed by atoms with Gasteiger partial charge in [0, 0.05) is 14.2 Å². The topological polar surface area (TPSA) is 71.1 Å². The first-order chi connectivity index (χ1) is 10.5. The van der Waals surface area contributed by atoms with E-state index < -0.39 is 18.0 Å². The molecule has 0 radical (unpaired) electrons. The Morgan fingerprint density at radius 3 is 2.23 bits per heavy atom. The Hall–Kier alpha value is -1.92. The van der Waals surface area contributed by atoms with Crippen LogP contribution in [0.1, 0.15) is 33.2 Å². The summed E-state index contributed by atoms with van der Waals surface area (Å²) >= 11 is 0. The standard InChI is InChI=1S/C16H22O6/c1-5-21-15(17)12-6-7-14(11(2)8-12)16(18)22-13(9-19-3)10-20-4/h6-8,13H,5,9-10H2,1-4H3. The van der Waals surface area contributed by atoms with Crippen molar-refractivity contribution in [1.29, 1.82) is 0 Å². The Labute approximate surface area is 130 Å². The number of carbonyl (C=O) groups is 2. The Kier molecular flexibility index (Phi) is 7.56. The fourth-order valence-corrected chi connectivity index (χ4v) is 1.94. The summed E-state index contributed by atoms with van der Waals surface area (Å²) in [6, 6.07) is 4.71. The molecule has 122 valence electrons. The Balaban J connectivity index is 2.83. The maximum Gasteiger partial charge on any atom is 0.338 e. The van der Waals surface area contributed by atoms with Crippen molar-refractivity contribution in [2.45, 2.75) is 20.0 Å². The Morgan fingerprint density at radius 1 is 1.09 bits per heavy atom. The quantitative estimate of drug-likeness (QED) is 0.684. The summed E-state index contributed by atoms with van der Waals surface area (Å²) in [5.74, 6) is -0.894. The van der Waals surface area contributed by atoms with E-state index in [4.69, 9.17) is 18.9 Å². The van der Waals surface area contributed by atoms with Crippen molar-refractivity contribution in [1.82, 2.24) is 0 Å². The lowest BCUT2D eigenvalue weighted by Gasteiger charge is -2.17. The fraction of sp³-hybridized carbons (Fsp3) is 0.500. The molecular formula is C16H22O6. The molecule has 0 bridgehead atoms. The highest BCUT2D eigenvalue weighted by atomic mass is 16.6. The van der Waals surface area contributed by atoms with E-state index in [-0.39, 0.29) is 13.2 Å². The molecule has 0 saturated carbocycles. The van der Waals surface area contributed by atoms with E-state index in [1.807, 2.05) is 0 Å². The Bertz CT molecular complexity index is 505. The molecule has 0 amide bonds. The number of rotatable bonds is 8. The molecule has 0 saturated heterocycles. The molecule has 0 spiro atoms. The first-order valence-electron chi connectivity index (χ1n) is 7.00. The van der Waals surface area contributed by atoms with Crippen molar-refractivity contribution in [3.63, 3.8) is 0 Å². The zero-order chi connectivity index (χ0) is 16.5. The molecule has 1 rings (SSSR count). The third-order valence-electron chi connectivity index (χ3n) is 2.94. The van der Waals surface area contributed by atoms with Crippen LogP contribution in [0.25, 0.3) is 0 Å². The number of hydrogen-bond donors (Lipinski definition) is 0. The van der Waals surface area contributed by atoms with Gasteiger partial charge in [-0.05, 0) is 37.6 Å². The molecule has 22 heavy (non-hydrogen) atoms. The second kappa shape index (κ2) is 9.17. The lowest BCUT2D eigenvalue weighted by atomic mass is 10.1. The van der Waals surface area contributed by atoms with E-state index >= 15 is 0 Å². The minimum absolute atomic E-state index is 0.250. The predicted molar refractivity (Wildman–Crippen MR) is 80.1 cm³/mol. The number of methoxy groups -OCH3 is 2. The van der Waals surface area contributed by atoms with E-state index in [1.165, 1.54) is 14.2 Å². The summed E-state index contributed by atoms with van der Waals surface area (Å²) in [6.07, 6.45) is -0.480. The van der Waals surface area contributed by atoms with Crippen molar-refractivity contribution in [2.24, 2.45) is 0 Å². The van der Waals surface area contributed by atoms with Gasteiger partial charge < -0.3 is 18.9 Å². The van der Waals surface area contributed by atoms with E-state index in [9.17, 15) is 9.59 Å². The highest BCUT2D eigenvalue weighted by molar-refractivity contribution is 5.94. The molecule has 1 aromatic carbocycles. The van der Waals surface area contributed by atoms with Gasteiger partial charge in [-0.1, -0.05) is 0 Å². The third-order valence-corrected chi connectivity index (χ3v) is 2.94. The van der Waals surface area contributed by atoms with Gasteiger partial charge in [-0.15, -0.1) is 0 Å². The van der Waals surface area contributed by atoms with Crippen LogP contribution < -0.4 is 0 Å². The molecule has 0 fully saturated rings. The molecule has 0 heterocycles. The molecule has 0 atom stereocenters. The minimum atomic E-state index is -0.480. The average molecular weight is 310 g/mol. The maximum atomic E-state index is 12.2. The van der Waals surface area contributed by atoms with Crippen molar-refractivity contribution >= 4 is 11.9 Å². The minimum Gasteiger partial charge on any atom is -0.462 e.